The van der Waals surface area contributed by atoms with Gasteiger partial charge in [0.15, 0.2) is 0 Å². The van der Waals surface area contributed by atoms with Crippen molar-refractivity contribution in [1.29, 1.82) is 0 Å². The highest BCUT2D eigenvalue weighted by Crippen LogP contribution is 2.30. The number of nitrogens with zero attached hydrogens (tertiary/aromatic N) is 2. The highest BCUT2D eigenvalue weighted by molar-refractivity contribution is 5.77. The summed E-state index contributed by atoms with van der Waals surface area (Å²) in [6.07, 6.45) is -1.35. The molecule has 1 aromatic carbocycles. The van der Waals surface area contributed by atoms with E-state index in [0.29, 0.717) is 16.7 Å². The van der Waals surface area contributed by atoms with Gasteiger partial charge in [0.1, 0.15) is 5.82 Å². The van der Waals surface area contributed by atoms with E-state index in [4.69, 9.17) is 0 Å². The molecule has 0 aliphatic carbocycles. The SMILES string of the molecule is CC(C)C(=O)NCc1cncc(-c2nc(-c3ccc(C(F)(F)F)cc3)cc(=O)[nH]2)c1. The number of alkyl halides is 3. The minimum absolute atomic E-state index is 0.101. The largest absolute Gasteiger partial charge is 0.416 e. The van der Waals surface area contributed by atoms with Crippen molar-refractivity contribution in [3.63, 3.8) is 0 Å². The number of hydrogen-bond acceptors (Lipinski definition) is 4. The number of carbonyl (C=O) groups excluding carboxylic acids is 1. The van der Waals surface area contributed by atoms with Crippen molar-refractivity contribution in [1.82, 2.24) is 20.3 Å². The molecule has 0 aliphatic rings. The quantitative estimate of drug-likeness (QED) is 0.663. The molecule has 1 amide bonds. The summed E-state index contributed by atoms with van der Waals surface area (Å²) in [5.41, 5.74) is 0.607. The molecule has 0 saturated carbocycles. The van der Waals surface area contributed by atoms with Crippen LogP contribution in [0.15, 0.2) is 53.6 Å². The molecule has 0 atom stereocenters. The lowest BCUT2D eigenvalue weighted by Crippen LogP contribution is -2.27. The molecule has 2 aromatic heterocycles. The highest BCUT2D eigenvalue weighted by atomic mass is 19.4. The molecule has 0 spiro atoms. The molecule has 0 aliphatic heterocycles. The number of benzene rings is 1. The van der Waals surface area contributed by atoms with E-state index in [0.717, 1.165) is 12.1 Å². The summed E-state index contributed by atoms with van der Waals surface area (Å²) in [4.78, 5) is 34.9. The second-order valence-electron chi connectivity index (χ2n) is 7.01. The third-order valence-corrected chi connectivity index (χ3v) is 4.31. The number of nitrogens with one attached hydrogen (secondary N) is 2. The Morgan fingerprint density at radius 1 is 1.10 bits per heavy atom. The van der Waals surface area contributed by atoms with Gasteiger partial charge in [-0.2, -0.15) is 13.2 Å². The number of amides is 1. The van der Waals surface area contributed by atoms with Gasteiger partial charge in [0, 0.05) is 42.0 Å². The fraction of sp³-hybridized carbons (Fsp3) is 0.238. The topological polar surface area (TPSA) is 87.7 Å². The van der Waals surface area contributed by atoms with Crippen LogP contribution in [0, 0.1) is 5.92 Å². The van der Waals surface area contributed by atoms with Crippen LogP contribution in [-0.2, 0) is 17.5 Å². The number of hydrogen-bond donors (Lipinski definition) is 2. The first kappa shape index (κ1) is 21.2. The van der Waals surface area contributed by atoms with Gasteiger partial charge in [0.25, 0.3) is 5.56 Å². The van der Waals surface area contributed by atoms with Crippen molar-refractivity contribution in [2.75, 3.05) is 0 Å². The van der Waals surface area contributed by atoms with Crippen LogP contribution in [0.4, 0.5) is 13.2 Å². The Morgan fingerprint density at radius 2 is 1.80 bits per heavy atom. The van der Waals surface area contributed by atoms with Gasteiger partial charge in [0.2, 0.25) is 5.91 Å². The van der Waals surface area contributed by atoms with Crippen LogP contribution >= 0.6 is 0 Å². The van der Waals surface area contributed by atoms with Gasteiger partial charge in [-0.3, -0.25) is 14.6 Å². The second-order valence-corrected chi connectivity index (χ2v) is 7.01. The van der Waals surface area contributed by atoms with E-state index in [1.807, 2.05) is 0 Å². The average molecular weight is 416 g/mol. The molecule has 156 valence electrons. The third kappa shape index (κ3) is 5.11. The van der Waals surface area contributed by atoms with E-state index in [-0.39, 0.29) is 29.9 Å². The van der Waals surface area contributed by atoms with Crippen LogP contribution in [0.5, 0.6) is 0 Å². The Balaban J connectivity index is 1.89. The van der Waals surface area contributed by atoms with E-state index < -0.39 is 17.3 Å². The first-order valence-corrected chi connectivity index (χ1v) is 9.14. The van der Waals surface area contributed by atoms with Crippen LogP contribution in [0.3, 0.4) is 0 Å². The van der Waals surface area contributed by atoms with Crippen LogP contribution < -0.4 is 10.9 Å². The zero-order valence-electron chi connectivity index (χ0n) is 16.2. The van der Waals surface area contributed by atoms with Crippen molar-refractivity contribution >= 4 is 5.91 Å². The summed E-state index contributed by atoms with van der Waals surface area (Å²) >= 11 is 0. The average Bonchev–Trinajstić information content (AvgIpc) is 2.71. The van der Waals surface area contributed by atoms with E-state index in [1.54, 1.807) is 26.1 Å². The first-order valence-electron chi connectivity index (χ1n) is 9.14. The molecule has 2 N–H and O–H groups in total. The molecule has 0 fully saturated rings. The number of aromatic nitrogens is 3. The van der Waals surface area contributed by atoms with Crippen molar-refractivity contribution in [2.45, 2.75) is 26.6 Å². The molecule has 0 bridgehead atoms. The molecule has 3 rings (SSSR count). The van der Waals surface area contributed by atoms with Gasteiger partial charge >= 0.3 is 6.18 Å². The molecular formula is C21H19F3N4O2. The maximum absolute atomic E-state index is 12.8. The van der Waals surface area contributed by atoms with Crippen molar-refractivity contribution in [3.05, 3.63) is 70.3 Å². The Kier molecular flexibility index (Phi) is 6.00. The molecular weight excluding hydrogens is 397 g/mol. The molecule has 6 nitrogen and oxygen atoms in total. The maximum Gasteiger partial charge on any atom is 0.416 e. The Bertz CT molecular complexity index is 1110. The normalized spacial score (nSPS) is 11.5. The third-order valence-electron chi connectivity index (χ3n) is 4.31. The van der Waals surface area contributed by atoms with Crippen molar-refractivity contribution in [2.24, 2.45) is 5.92 Å². The molecule has 0 radical (unpaired) electrons. The van der Waals surface area contributed by atoms with Crippen LogP contribution in [0.2, 0.25) is 0 Å². The Labute approximate surface area is 170 Å². The summed E-state index contributed by atoms with van der Waals surface area (Å²) in [6.45, 7) is 3.83. The maximum atomic E-state index is 12.8. The zero-order valence-corrected chi connectivity index (χ0v) is 16.2. The smallest absolute Gasteiger partial charge is 0.352 e. The van der Waals surface area contributed by atoms with Crippen molar-refractivity contribution in [3.8, 4) is 22.6 Å². The summed E-state index contributed by atoms with van der Waals surface area (Å²) < 4.78 is 38.3. The molecule has 2 heterocycles. The van der Waals surface area contributed by atoms with E-state index in [1.165, 1.54) is 24.4 Å². The van der Waals surface area contributed by atoms with Crippen LogP contribution in [0.1, 0.15) is 25.0 Å². The van der Waals surface area contributed by atoms with Crippen molar-refractivity contribution < 1.29 is 18.0 Å². The summed E-state index contributed by atoms with van der Waals surface area (Å²) in [5.74, 6) is -0.0299. The van der Waals surface area contributed by atoms with Crippen LogP contribution in [0.25, 0.3) is 22.6 Å². The van der Waals surface area contributed by atoms with Gasteiger partial charge < -0.3 is 10.3 Å². The molecule has 3 aromatic rings. The van der Waals surface area contributed by atoms with Gasteiger partial charge in [-0.25, -0.2) is 4.98 Å². The highest BCUT2D eigenvalue weighted by Gasteiger charge is 2.30. The van der Waals surface area contributed by atoms with Gasteiger partial charge in [-0.15, -0.1) is 0 Å². The lowest BCUT2D eigenvalue weighted by atomic mass is 10.1. The number of rotatable bonds is 5. The lowest BCUT2D eigenvalue weighted by Gasteiger charge is -2.10. The predicted molar refractivity (Wildman–Crippen MR) is 105 cm³/mol. The fourth-order valence-electron chi connectivity index (χ4n) is 2.68. The number of carbonyl (C=O) groups is 1. The number of H-pyrrole nitrogens is 1. The first-order chi connectivity index (χ1) is 14.1. The summed E-state index contributed by atoms with van der Waals surface area (Å²) in [5, 5.41) is 2.78. The van der Waals surface area contributed by atoms with E-state index in [2.05, 4.69) is 20.3 Å². The summed E-state index contributed by atoms with van der Waals surface area (Å²) in [6, 6.07) is 7.36. The van der Waals surface area contributed by atoms with E-state index >= 15 is 0 Å². The fourth-order valence-corrected chi connectivity index (χ4v) is 2.68. The number of halogens is 3. The van der Waals surface area contributed by atoms with Crippen LogP contribution in [-0.4, -0.2) is 20.9 Å². The van der Waals surface area contributed by atoms with E-state index in [9.17, 15) is 22.8 Å². The van der Waals surface area contributed by atoms with Gasteiger partial charge in [-0.1, -0.05) is 26.0 Å². The molecule has 9 heteroatoms. The lowest BCUT2D eigenvalue weighted by molar-refractivity contribution is -0.137. The molecule has 0 unspecified atom stereocenters. The second kappa shape index (κ2) is 8.48. The zero-order chi connectivity index (χ0) is 21.9. The minimum atomic E-state index is -4.44. The van der Waals surface area contributed by atoms with Gasteiger partial charge in [-0.05, 0) is 23.8 Å². The van der Waals surface area contributed by atoms with Gasteiger partial charge in [0.05, 0.1) is 11.3 Å². The summed E-state index contributed by atoms with van der Waals surface area (Å²) in [7, 11) is 0. The number of aromatic amines is 1. The minimum Gasteiger partial charge on any atom is -0.352 e. The molecule has 30 heavy (non-hydrogen) atoms. The molecule has 0 saturated heterocycles. The monoisotopic (exact) mass is 416 g/mol. The Hall–Kier alpha value is -3.49. The predicted octanol–water partition coefficient (Wildman–Crippen LogP) is 3.79. The Morgan fingerprint density at radius 3 is 2.43 bits per heavy atom. The number of pyridine rings is 1. The standard InChI is InChI=1S/C21H19F3N4O2/c1-12(2)20(30)26-10-13-7-15(11-25-9-13)19-27-17(8-18(29)28-19)14-3-5-16(6-4-14)21(22,23)24/h3-9,11-12H,10H2,1-2H3,(H,26,30)(H,27,28,29).